The molecule has 0 aromatic rings. The van der Waals surface area contributed by atoms with Crippen molar-refractivity contribution in [3.8, 4) is 0 Å². The molecule has 98 valence electrons. The molecule has 1 heterocycles. The smallest absolute Gasteiger partial charge is 0.305 e. The lowest BCUT2D eigenvalue weighted by Crippen LogP contribution is -2.10. The van der Waals surface area contributed by atoms with Gasteiger partial charge in [0, 0.05) is 12.3 Å². The average Bonchev–Trinajstić information content (AvgIpc) is 2.33. The van der Waals surface area contributed by atoms with Gasteiger partial charge in [-0.05, 0) is 19.3 Å². The molecule has 0 fully saturated rings. The Bertz CT molecular complexity index is 233. The first-order chi connectivity index (χ1) is 8.29. The van der Waals surface area contributed by atoms with E-state index in [-0.39, 0.29) is 5.97 Å². The zero-order valence-corrected chi connectivity index (χ0v) is 11.1. The normalized spacial score (nSPS) is 27.6. The highest BCUT2D eigenvalue weighted by Crippen LogP contribution is 2.12. The molecule has 0 amide bonds. The Morgan fingerprint density at radius 3 is 2.47 bits per heavy atom. The zero-order valence-electron chi connectivity index (χ0n) is 11.1. The lowest BCUT2D eigenvalue weighted by atomic mass is 10.1. The van der Waals surface area contributed by atoms with E-state index < -0.39 is 0 Å². The van der Waals surface area contributed by atoms with Crippen LogP contribution in [-0.4, -0.2) is 12.6 Å². The molecule has 0 unspecified atom stereocenters. The molecule has 1 aliphatic rings. The predicted molar refractivity (Wildman–Crippen MR) is 70.8 cm³/mol. The lowest BCUT2D eigenvalue weighted by Gasteiger charge is -2.08. The number of cyclic esters (lactones) is 1. The number of carbonyl (C=O) groups excluding carboxylic acids is 1. The third-order valence-electron chi connectivity index (χ3n) is 3.22. The van der Waals surface area contributed by atoms with Gasteiger partial charge in [0.2, 0.25) is 0 Å². The van der Waals surface area contributed by atoms with Crippen molar-refractivity contribution in [3.63, 3.8) is 0 Å². The summed E-state index contributed by atoms with van der Waals surface area (Å²) in [6.45, 7) is 2.64. The molecule has 0 aromatic heterocycles. The van der Waals surface area contributed by atoms with Crippen LogP contribution in [0.1, 0.15) is 64.7 Å². The highest BCUT2D eigenvalue weighted by molar-refractivity contribution is 5.69. The number of hydrogen-bond acceptors (Lipinski definition) is 2. The van der Waals surface area contributed by atoms with Crippen molar-refractivity contribution in [2.45, 2.75) is 64.7 Å². The molecule has 0 aromatic carbocycles. The molecule has 0 aliphatic carbocycles. The SMILES string of the molecule is C[C@H]1/C=C/CCCCCCCCCC(=O)OC1. The van der Waals surface area contributed by atoms with Gasteiger partial charge in [0.25, 0.3) is 0 Å². The van der Waals surface area contributed by atoms with Gasteiger partial charge in [0.1, 0.15) is 0 Å². The summed E-state index contributed by atoms with van der Waals surface area (Å²) in [5, 5.41) is 0. The van der Waals surface area contributed by atoms with Crippen LogP contribution in [0.3, 0.4) is 0 Å². The predicted octanol–water partition coefficient (Wildman–Crippen LogP) is 4.25. The second-order valence-corrected chi connectivity index (χ2v) is 5.10. The minimum atomic E-state index is -0.0277. The molecule has 0 radical (unpaired) electrons. The molecule has 2 heteroatoms. The number of carbonyl (C=O) groups is 1. The molecule has 17 heavy (non-hydrogen) atoms. The second kappa shape index (κ2) is 9.26. The Hall–Kier alpha value is -0.790. The maximum Gasteiger partial charge on any atom is 0.305 e. The fourth-order valence-corrected chi connectivity index (χ4v) is 2.10. The quantitative estimate of drug-likeness (QED) is 0.466. The van der Waals surface area contributed by atoms with Crippen molar-refractivity contribution in [3.05, 3.63) is 12.2 Å². The maximum absolute atomic E-state index is 11.4. The van der Waals surface area contributed by atoms with E-state index >= 15 is 0 Å². The average molecular weight is 238 g/mol. The first-order valence-electron chi connectivity index (χ1n) is 7.11. The number of esters is 1. The first-order valence-corrected chi connectivity index (χ1v) is 7.11. The molecule has 1 rings (SSSR count). The summed E-state index contributed by atoms with van der Waals surface area (Å²) in [7, 11) is 0. The van der Waals surface area contributed by atoms with Crippen molar-refractivity contribution in [2.24, 2.45) is 5.92 Å². The Balaban J connectivity index is 2.31. The minimum Gasteiger partial charge on any atom is -0.465 e. The van der Waals surface area contributed by atoms with Crippen LogP contribution in [0.2, 0.25) is 0 Å². The molecule has 1 aliphatic heterocycles. The molecule has 2 nitrogen and oxygen atoms in total. The number of hydrogen-bond donors (Lipinski definition) is 0. The van der Waals surface area contributed by atoms with Crippen molar-refractivity contribution >= 4 is 5.97 Å². The molecule has 0 N–H and O–H groups in total. The van der Waals surface area contributed by atoms with Crippen molar-refractivity contribution in [2.75, 3.05) is 6.61 Å². The second-order valence-electron chi connectivity index (χ2n) is 5.10. The topological polar surface area (TPSA) is 26.3 Å². The van der Waals surface area contributed by atoms with E-state index in [1.807, 2.05) is 0 Å². The largest absolute Gasteiger partial charge is 0.465 e. The third-order valence-corrected chi connectivity index (χ3v) is 3.22. The molecule has 0 bridgehead atoms. The highest BCUT2D eigenvalue weighted by Gasteiger charge is 2.05. The molecule has 0 spiro atoms. The van der Waals surface area contributed by atoms with Crippen LogP contribution in [0.25, 0.3) is 0 Å². The van der Waals surface area contributed by atoms with Gasteiger partial charge < -0.3 is 4.74 Å². The fraction of sp³-hybridized carbons (Fsp3) is 0.800. The van der Waals surface area contributed by atoms with Gasteiger partial charge in [-0.25, -0.2) is 0 Å². The van der Waals surface area contributed by atoms with Gasteiger partial charge in [0.05, 0.1) is 6.61 Å². The summed E-state index contributed by atoms with van der Waals surface area (Å²) in [6, 6.07) is 0. The van der Waals surface area contributed by atoms with E-state index in [0.29, 0.717) is 18.9 Å². The summed E-state index contributed by atoms with van der Waals surface area (Å²) in [5.41, 5.74) is 0. The van der Waals surface area contributed by atoms with Crippen LogP contribution in [0, 0.1) is 5.92 Å². The van der Waals surface area contributed by atoms with Gasteiger partial charge in [-0.3, -0.25) is 4.79 Å². The minimum absolute atomic E-state index is 0.0277. The van der Waals surface area contributed by atoms with Crippen LogP contribution in [0.5, 0.6) is 0 Å². The standard InChI is InChI=1S/C15H26O2/c1-14-11-9-7-5-3-2-4-6-8-10-12-15(16)17-13-14/h9,11,14H,2-8,10,12-13H2,1H3/b11-9+/t14-/m0/s1. The number of allylic oxidation sites excluding steroid dienone is 1. The van der Waals surface area contributed by atoms with E-state index in [1.54, 1.807) is 0 Å². The van der Waals surface area contributed by atoms with Crippen LogP contribution < -0.4 is 0 Å². The van der Waals surface area contributed by atoms with Crippen molar-refractivity contribution < 1.29 is 9.53 Å². The van der Waals surface area contributed by atoms with Gasteiger partial charge in [-0.2, -0.15) is 0 Å². The Labute approximate surface area is 105 Å². The van der Waals surface area contributed by atoms with Crippen molar-refractivity contribution in [1.82, 2.24) is 0 Å². The summed E-state index contributed by atoms with van der Waals surface area (Å²) in [6.07, 6.45) is 14.9. The van der Waals surface area contributed by atoms with Gasteiger partial charge in [-0.1, -0.05) is 51.2 Å². The van der Waals surface area contributed by atoms with Crippen LogP contribution in [0.15, 0.2) is 12.2 Å². The van der Waals surface area contributed by atoms with Crippen LogP contribution >= 0.6 is 0 Å². The third kappa shape index (κ3) is 8.00. The van der Waals surface area contributed by atoms with Crippen molar-refractivity contribution in [1.29, 1.82) is 0 Å². The molecular formula is C15H26O2. The zero-order chi connectivity index (χ0) is 12.3. The molecule has 1 atom stereocenters. The Morgan fingerprint density at radius 1 is 1.06 bits per heavy atom. The Kier molecular flexibility index (Phi) is 7.78. The highest BCUT2D eigenvalue weighted by atomic mass is 16.5. The fourth-order valence-electron chi connectivity index (χ4n) is 2.10. The van der Waals surface area contributed by atoms with Crippen LogP contribution in [0.4, 0.5) is 0 Å². The van der Waals surface area contributed by atoms with E-state index in [1.165, 1.54) is 38.5 Å². The lowest BCUT2D eigenvalue weighted by molar-refractivity contribution is -0.144. The monoisotopic (exact) mass is 238 g/mol. The van der Waals surface area contributed by atoms with Gasteiger partial charge in [-0.15, -0.1) is 0 Å². The number of ether oxygens (including phenoxy) is 1. The summed E-state index contributed by atoms with van der Waals surface area (Å²) in [5.74, 6) is 0.323. The molecular weight excluding hydrogens is 212 g/mol. The van der Waals surface area contributed by atoms with E-state index in [9.17, 15) is 4.79 Å². The van der Waals surface area contributed by atoms with E-state index in [4.69, 9.17) is 4.74 Å². The summed E-state index contributed by atoms with van der Waals surface area (Å²) >= 11 is 0. The van der Waals surface area contributed by atoms with Gasteiger partial charge >= 0.3 is 5.97 Å². The molecule has 0 saturated carbocycles. The van der Waals surface area contributed by atoms with E-state index in [2.05, 4.69) is 19.1 Å². The van der Waals surface area contributed by atoms with Gasteiger partial charge in [0.15, 0.2) is 0 Å². The van der Waals surface area contributed by atoms with E-state index in [0.717, 1.165) is 12.8 Å². The first kappa shape index (κ1) is 14.3. The maximum atomic E-state index is 11.4. The Morgan fingerprint density at radius 2 is 1.71 bits per heavy atom. The molecule has 0 saturated heterocycles. The number of rotatable bonds is 0. The van der Waals surface area contributed by atoms with Crippen LogP contribution in [-0.2, 0) is 9.53 Å². The summed E-state index contributed by atoms with van der Waals surface area (Å²) in [4.78, 5) is 11.4. The summed E-state index contributed by atoms with van der Waals surface area (Å²) < 4.78 is 5.24.